The van der Waals surface area contributed by atoms with E-state index in [2.05, 4.69) is 81.2 Å². The molecule has 1 N–H and O–H groups in total. The topological polar surface area (TPSA) is 21.3 Å². The number of benzene rings is 2. The van der Waals surface area contributed by atoms with Gasteiger partial charge in [-0.2, -0.15) is 0 Å². The van der Waals surface area contributed by atoms with Crippen molar-refractivity contribution in [3.8, 4) is 0 Å². The molecule has 130 valence electrons. The number of hydrogen-bond acceptors (Lipinski definition) is 2. The van der Waals surface area contributed by atoms with Crippen molar-refractivity contribution in [3.05, 3.63) is 84.1 Å². The van der Waals surface area contributed by atoms with Crippen LogP contribution in [0.1, 0.15) is 44.2 Å². The standard InChI is InChI=1S/C19H23NO.C3H8/c1-3-20-14-15-21-16(2)19(17-10-6-4-7-11-17)18-12-8-5-9-13-18;1-3-2/h4-13,19-20H,2-3,14-15H2,1H3;3H2,1-2H3. The van der Waals surface area contributed by atoms with Crippen molar-refractivity contribution in [1.29, 1.82) is 0 Å². The molecule has 2 nitrogen and oxygen atoms in total. The molecule has 0 aliphatic rings. The molecule has 0 heterocycles. The number of rotatable bonds is 8. The molecule has 0 aliphatic carbocycles. The maximum atomic E-state index is 5.86. The van der Waals surface area contributed by atoms with Crippen LogP contribution in [0.5, 0.6) is 0 Å². The summed E-state index contributed by atoms with van der Waals surface area (Å²) < 4.78 is 5.86. The Hall–Kier alpha value is -2.06. The molecule has 2 aromatic carbocycles. The van der Waals surface area contributed by atoms with Crippen molar-refractivity contribution in [2.24, 2.45) is 0 Å². The van der Waals surface area contributed by atoms with Crippen molar-refractivity contribution in [2.45, 2.75) is 33.1 Å². The van der Waals surface area contributed by atoms with Gasteiger partial charge in [0, 0.05) is 6.54 Å². The third-order valence-corrected chi connectivity index (χ3v) is 3.40. The first kappa shape index (κ1) is 20.0. The summed E-state index contributed by atoms with van der Waals surface area (Å²) in [5.74, 6) is 0.874. The summed E-state index contributed by atoms with van der Waals surface area (Å²) in [6.07, 6.45) is 1.25. The average molecular weight is 325 g/mol. The number of hydrogen-bond donors (Lipinski definition) is 1. The van der Waals surface area contributed by atoms with Crippen molar-refractivity contribution >= 4 is 0 Å². The van der Waals surface area contributed by atoms with Gasteiger partial charge in [-0.1, -0.05) is 94.4 Å². The normalized spacial score (nSPS) is 10.0. The molecule has 0 radical (unpaired) electrons. The van der Waals surface area contributed by atoms with Gasteiger partial charge in [0.05, 0.1) is 5.92 Å². The van der Waals surface area contributed by atoms with Gasteiger partial charge < -0.3 is 10.1 Å². The molecule has 0 unspecified atom stereocenters. The van der Waals surface area contributed by atoms with Gasteiger partial charge in [0.2, 0.25) is 0 Å². The molecule has 2 aromatic rings. The summed E-state index contributed by atoms with van der Waals surface area (Å²) in [5, 5.41) is 3.26. The lowest BCUT2D eigenvalue weighted by atomic mass is 9.90. The van der Waals surface area contributed by atoms with Crippen LogP contribution >= 0.6 is 0 Å². The van der Waals surface area contributed by atoms with Crippen molar-refractivity contribution < 1.29 is 4.74 Å². The van der Waals surface area contributed by atoms with Crippen molar-refractivity contribution in [2.75, 3.05) is 19.7 Å². The fourth-order valence-electron chi connectivity index (χ4n) is 2.37. The first-order valence-electron chi connectivity index (χ1n) is 8.86. The average Bonchev–Trinajstić information content (AvgIpc) is 2.62. The number of likely N-dealkylation sites (N-methyl/N-ethyl adjacent to an activating group) is 1. The zero-order chi connectivity index (χ0) is 17.6. The van der Waals surface area contributed by atoms with Crippen LogP contribution in [0.25, 0.3) is 0 Å². The van der Waals surface area contributed by atoms with E-state index in [1.165, 1.54) is 17.5 Å². The van der Waals surface area contributed by atoms with Gasteiger partial charge in [0.1, 0.15) is 12.4 Å². The summed E-state index contributed by atoms with van der Waals surface area (Å²) in [6.45, 7) is 12.9. The summed E-state index contributed by atoms with van der Waals surface area (Å²) >= 11 is 0. The second-order valence-corrected chi connectivity index (χ2v) is 5.63. The van der Waals surface area contributed by atoms with Gasteiger partial charge in [0.15, 0.2) is 0 Å². The highest BCUT2D eigenvalue weighted by Crippen LogP contribution is 2.31. The van der Waals surface area contributed by atoms with E-state index in [0.29, 0.717) is 6.61 Å². The van der Waals surface area contributed by atoms with Gasteiger partial charge in [-0.05, 0) is 17.7 Å². The minimum absolute atomic E-state index is 0.0778. The van der Waals surface area contributed by atoms with Crippen molar-refractivity contribution in [3.63, 3.8) is 0 Å². The largest absolute Gasteiger partial charge is 0.496 e. The maximum Gasteiger partial charge on any atom is 0.101 e. The highest BCUT2D eigenvalue weighted by Gasteiger charge is 2.18. The lowest BCUT2D eigenvalue weighted by Crippen LogP contribution is -2.19. The molecule has 2 heteroatoms. The minimum Gasteiger partial charge on any atom is -0.496 e. The fourth-order valence-corrected chi connectivity index (χ4v) is 2.37. The number of ether oxygens (including phenoxy) is 1. The molecule has 0 aromatic heterocycles. The lowest BCUT2D eigenvalue weighted by molar-refractivity contribution is 0.201. The first-order chi connectivity index (χ1) is 11.7. The SMILES string of the molecule is C=C(OCCNCC)C(c1ccccc1)c1ccccc1.CCC. The molecule has 0 saturated carbocycles. The molecule has 0 amide bonds. The zero-order valence-electron chi connectivity index (χ0n) is 15.3. The van der Waals surface area contributed by atoms with E-state index < -0.39 is 0 Å². The van der Waals surface area contributed by atoms with Crippen LogP contribution in [0.4, 0.5) is 0 Å². The van der Waals surface area contributed by atoms with Gasteiger partial charge in [-0.3, -0.25) is 0 Å². The van der Waals surface area contributed by atoms with Gasteiger partial charge in [-0.15, -0.1) is 0 Å². The Bertz CT molecular complexity index is 511. The predicted molar refractivity (Wildman–Crippen MR) is 104 cm³/mol. The van der Waals surface area contributed by atoms with Crippen LogP contribution in [-0.2, 0) is 4.74 Å². The van der Waals surface area contributed by atoms with Gasteiger partial charge >= 0.3 is 0 Å². The number of nitrogens with one attached hydrogen (secondary N) is 1. The van der Waals surface area contributed by atoms with Gasteiger partial charge in [0.25, 0.3) is 0 Å². The van der Waals surface area contributed by atoms with Crippen LogP contribution < -0.4 is 5.32 Å². The molecule has 0 fully saturated rings. The van der Waals surface area contributed by atoms with Gasteiger partial charge in [-0.25, -0.2) is 0 Å². The molecule has 0 bridgehead atoms. The van der Waals surface area contributed by atoms with E-state index in [1.54, 1.807) is 0 Å². The zero-order valence-corrected chi connectivity index (χ0v) is 15.3. The van der Waals surface area contributed by atoms with Crippen LogP contribution in [0.15, 0.2) is 73.0 Å². The van der Waals surface area contributed by atoms with Crippen LogP contribution in [0.2, 0.25) is 0 Å². The monoisotopic (exact) mass is 325 g/mol. The molecule has 0 atom stereocenters. The summed E-state index contributed by atoms with van der Waals surface area (Å²) in [7, 11) is 0. The summed E-state index contributed by atoms with van der Waals surface area (Å²) in [5.41, 5.74) is 2.41. The molecule has 0 spiro atoms. The Balaban J connectivity index is 0.000000891. The van der Waals surface area contributed by atoms with Crippen molar-refractivity contribution in [1.82, 2.24) is 5.32 Å². The Labute approximate surface area is 147 Å². The van der Waals surface area contributed by atoms with E-state index in [9.17, 15) is 0 Å². The Morgan fingerprint density at radius 1 is 0.917 bits per heavy atom. The summed E-state index contributed by atoms with van der Waals surface area (Å²) in [4.78, 5) is 0. The predicted octanol–water partition coefficient (Wildman–Crippen LogP) is 5.37. The molecular formula is C22H31NO. The highest BCUT2D eigenvalue weighted by atomic mass is 16.5. The quantitative estimate of drug-likeness (QED) is 0.520. The lowest BCUT2D eigenvalue weighted by Gasteiger charge is -2.21. The minimum atomic E-state index is 0.0778. The van der Waals surface area contributed by atoms with Crippen LogP contribution in [-0.4, -0.2) is 19.7 Å². The van der Waals surface area contributed by atoms with E-state index >= 15 is 0 Å². The third-order valence-electron chi connectivity index (χ3n) is 3.40. The number of allylic oxidation sites excluding steroid dienone is 1. The molecule has 0 saturated heterocycles. The fraction of sp³-hybridized carbons (Fsp3) is 0.364. The Morgan fingerprint density at radius 2 is 1.38 bits per heavy atom. The second-order valence-electron chi connectivity index (χ2n) is 5.63. The van der Waals surface area contributed by atoms with Crippen LogP contribution in [0, 0.1) is 0 Å². The second kappa shape index (κ2) is 12.4. The Morgan fingerprint density at radius 3 is 1.79 bits per heavy atom. The highest BCUT2D eigenvalue weighted by molar-refractivity contribution is 5.38. The Kier molecular flexibility index (Phi) is 10.3. The van der Waals surface area contributed by atoms with E-state index in [4.69, 9.17) is 4.74 Å². The molecule has 2 rings (SSSR count). The molecular weight excluding hydrogens is 294 g/mol. The molecule has 0 aliphatic heterocycles. The smallest absolute Gasteiger partial charge is 0.101 e. The molecule has 24 heavy (non-hydrogen) atoms. The van der Waals surface area contributed by atoms with E-state index in [1.807, 2.05) is 12.1 Å². The third kappa shape index (κ3) is 7.01. The summed E-state index contributed by atoms with van der Waals surface area (Å²) in [6, 6.07) is 20.8. The van der Waals surface area contributed by atoms with Crippen LogP contribution in [0.3, 0.4) is 0 Å². The van der Waals surface area contributed by atoms with E-state index in [0.717, 1.165) is 18.8 Å². The first-order valence-corrected chi connectivity index (χ1v) is 8.86. The van der Waals surface area contributed by atoms with E-state index in [-0.39, 0.29) is 5.92 Å². The maximum absolute atomic E-state index is 5.86.